The van der Waals surface area contributed by atoms with Gasteiger partial charge in [-0.05, 0) is 6.42 Å². The average molecular weight is 172 g/mol. The van der Waals surface area contributed by atoms with Crippen LogP contribution in [0.2, 0.25) is 0 Å². The summed E-state index contributed by atoms with van der Waals surface area (Å²) in [5.74, 6) is 0. The van der Waals surface area contributed by atoms with Crippen molar-refractivity contribution in [3.8, 4) is 0 Å². The molecular formula is C8H16N2O2. The lowest BCUT2D eigenvalue weighted by Gasteiger charge is -2.47. The Morgan fingerprint density at radius 2 is 2.25 bits per heavy atom. The summed E-state index contributed by atoms with van der Waals surface area (Å²) < 4.78 is 0. The van der Waals surface area contributed by atoms with Crippen LogP contribution in [-0.4, -0.2) is 31.1 Å². The molecule has 0 radical (unpaired) electrons. The van der Waals surface area contributed by atoms with E-state index in [9.17, 15) is 4.79 Å². The van der Waals surface area contributed by atoms with Gasteiger partial charge in [0.1, 0.15) is 0 Å². The third kappa shape index (κ3) is 1.69. The topological polar surface area (TPSA) is 41.6 Å². The summed E-state index contributed by atoms with van der Waals surface area (Å²) in [6.45, 7) is 5.99. The van der Waals surface area contributed by atoms with Gasteiger partial charge in [0.25, 0.3) is 0 Å². The van der Waals surface area contributed by atoms with Gasteiger partial charge in [-0.2, -0.15) is 0 Å². The largest absolute Gasteiger partial charge is 0.341 e. The Bertz CT molecular complexity index is 176. The van der Waals surface area contributed by atoms with Crippen LogP contribution in [0.4, 0.5) is 4.79 Å². The molecule has 0 aromatic carbocycles. The van der Waals surface area contributed by atoms with Crippen LogP contribution >= 0.6 is 0 Å². The van der Waals surface area contributed by atoms with E-state index in [1.807, 2.05) is 0 Å². The number of carbonyl (C=O) groups is 1. The zero-order valence-electron chi connectivity index (χ0n) is 7.89. The summed E-state index contributed by atoms with van der Waals surface area (Å²) in [6, 6.07) is -0.136. The number of hydrogen-bond acceptors (Lipinski definition) is 2. The number of likely N-dealkylation sites (tertiary alicyclic amines) is 1. The normalized spacial score (nSPS) is 20.1. The van der Waals surface area contributed by atoms with Crippen LogP contribution < -0.4 is 5.48 Å². The lowest BCUT2D eigenvalue weighted by Crippen LogP contribution is -2.59. The van der Waals surface area contributed by atoms with E-state index in [-0.39, 0.29) is 6.03 Å². The maximum Gasteiger partial charge on any atom is 0.341 e. The van der Waals surface area contributed by atoms with Gasteiger partial charge in [0.15, 0.2) is 0 Å². The molecule has 0 bridgehead atoms. The number of hydroxylamine groups is 1. The van der Waals surface area contributed by atoms with Crippen LogP contribution in [0, 0.1) is 5.41 Å². The Hall–Kier alpha value is -0.770. The zero-order chi connectivity index (χ0) is 9.19. The maximum absolute atomic E-state index is 11.1. The average Bonchev–Trinajstić information content (AvgIpc) is 1.99. The van der Waals surface area contributed by atoms with E-state index in [1.165, 1.54) is 7.11 Å². The van der Waals surface area contributed by atoms with Crippen molar-refractivity contribution in [3.05, 3.63) is 0 Å². The molecule has 0 spiro atoms. The Labute approximate surface area is 72.8 Å². The molecule has 1 N–H and O–H groups in total. The standard InChI is InChI=1S/C8H16N2O2/c1-4-8(2)5-10(6-8)7(11)9-12-3/h4-6H2,1-3H3,(H,9,11). The number of nitrogens with zero attached hydrogens (tertiary/aromatic N) is 1. The molecule has 1 rings (SSSR count). The third-order valence-corrected chi connectivity index (χ3v) is 2.48. The highest BCUT2D eigenvalue weighted by Gasteiger charge is 2.39. The highest BCUT2D eigenvalue weighted by Crippen LogP contribution is 2.32. The number of nitrogens with one attached hydrogen (secondary N) is 1. The summed E-state index contributed by atoms with van der Waals surface area (Å²) in [4.78, 5) is 17.4. The first-order chi connectivity index (χ1) is 5.61. The minimum absolute atomic E-state index is 0.136. The first-order valence-electron chi connectivity index (χ1n) is 4.19. The van der Waals surface area contributed by atoms with E-state index in [0.29, 0.717) is 5.41 Å². The van der Waals surface area contributed by atoms with Gasteiger partial charge in [-0.3, -0.25) is 4.84 Å². The molecule has 12 heavy (non-hydrogen) atoms. The Kier molecular flexibility index (Phi) is 2.57. The monoisotopic (exact) mass is 172 g/mol. The fourth-order valence-corrected chi connectivity index (χ4v) is 1.39. The second-order valence-corrected chi connectivity index (χ2v) is 3.63. The lowest BCUT2D eigenvalue weighted by molar-refractivity contribution is 0.0155. The number of rotatable bonds is 2. The smallest absolute Gasteiger partial charge is 0.322 e. The van der Waals surface area contributed by atoms with Crippen LogP contribution in [0.1, 0.15) is 20.3 Å². The first-order valence-corrected chi connectivity index (χ1v) is 4.19. The summed E-state index contributed by atoms with van der Waals surface area (Å²) in [5, 5.41) is 0. The number of carbonyl (C=O) groups excluding carboxylic acids is 1. The van der Waals surface area contributed by atoms with E-state index in [2.05, 4.69) is 24.2 Å². The molecule has 0 aromatic heterocycles. The zero-order valence-corrected chi connectivity index (χ0v) is 7.89. The predicted molar refractivity (Wildman–Crippen MR) is 45.5 cm³/mol. The van der Waals surface area contributed by atoms with Crippen molar-refractivity contribution in [1.82, 2.24) is 10.4 Å². The second kappa shape index (κ2) is 3.31. The molecule has 0 unspecified atom stereocenters. The van der Waals surface area contributed by atoms with Crippen LogP contribution in [0.15, 0.2) is 0 Å². The SMILES string of the molecule is CCC1(C)CN(C(=O)NOC)C1. The summed E-state index contributed by atoms with van der Waals surface area (Å²) in [5.41, 5.74) is 2.62. The fraction of sp³-hybridized carbons (Fsp3) is 0.875. The second-order valence-electron chi connectivity index (χ2n) is 3.63. The van der Waals surface area contributed by atoms with E-state index >= 15 is 0 Å². The van der Waals surface area contributed by atoms with Crippen molar-refractivity contribution < 1.29 is 9.63 Å². The Morgan fingerprint density at radius 1 is 1.67 bits per heavy atom. The molecule has 1 fully saturated rings. The van der Waals surface area contributed by atoms with Gasteiger partial charge in [-0.15, -0.1) is 0 Å². The minimum atomic E-state index is -0.136. The third-order valence-electron chi connectivity index (χ3n) is 2.48. The van der Waals surface area contributed by atoms with Crippen molar-refractivity contribution in [2.24, 2.45) is 5.41 Å². The van der Waals surface area contributed by atoms with Gasteiger partial charge in [-0.25, -0.2) is 10.3 Å². The van der Waals surface area contributed by atoms with Crippen LogP contribution in [0.5, 0.6) is 0 Å². The molecule has 4 heteroatoms. The highest BCUT2D eigenvalue weighted by molar-refractivity contribution is 5.74. The number of amides is 2. The quantitative estimate of drug-likeness (QED) is 0.631. The fourth-order valence-electron chi connectivity index (χ4n) is 1.39. The molecule has 0 atom stereocenters. The minimum Gasteiger partial charge on any atom is -0.322 e. The van der Waals surface area contributed by atoms with Crippen molar-refractivity contribution in [1.29, 1.82) is 0 Å². The molecule has 1 saturated heterocycles. The maximum atomic E-state index is 11.1. The van der Waals surface area contributed by atoms with Crippen LogP contribution in [-0.2, 0) is 4.84 Å². The van der Waals surface area contributed by atoms with E-state index in [4.69, 9.17) is 0 Å². The molecule has 0 aliphatic carbocycles. The molecular weight excluding hydrogens is 156 g/mol. The molecule has 1 aliphatic heterocycles. The molecule has 1 heterocycles. The van der Waals surface area contributed by atoms with Gasteiger partial charge in [-0.1, -0.05) is 13.8 Å². The molecule has 1 aliphatic rings. The Morgan fingerprint density at radius 3 is 2.67 bits per heavy atom. The molecule has 4 nitrogen and oxygen atoms in total. The van der Waals surface area contributed by atoms with E-state index < -0.39 is 0 Å². The Balaban J connectivity index is 2.29. The molecule has 0 aromatic rings. The molecule has 2 amide bonds. The predicted octanol–water partition coefficient (Wildman–Crippen LogP) is 0.989. The van der Waals surface area contributed by atoms with Gasteiger partial charge < -0.3 is 4.90 Å². The van der Waals surface area contributed by atoms with Gasteiger partial charge in [0.05, 0.1) is 7.11 Å². The van der Waals surface area contributed by atoms with Crippen LogP contribution in [0.25, 0.3) is 0 Å². The summed E-state index contributed by atoms with van der Waals surface area (Å²) in [7, 11) is 1.44. The summed E-state index contributed by atoms with van der Waals surface area (Å²) in [6.07, 6.45) is 1.11. The van der Waals surface area contributed by atoms with Crippen LogP contribution in [0.3, 0.4) is 0 Å². The first kappa shape index (κ1) is 9.32. The van der Waals surface area contributed by atoms with Crippen molar-refractivity contribution in [2.45, 2.75) is 20.3 Å². The highest BCUT2D eigenvalue weighted by atomic mass is 16.6. The van der Waals surface area contributed by atoms with E-state index in [0.717, 1.165) is 19.5 Å². The summed E-state index contributed by atoms with van der Waals surface area (Å²) >= 11 is 0. The van der Waals surface area contributed by atoms with Gasteiger partial charge in [0, 0.05) is 18.5 Å². The van der Waals surface area contributed by atoms with Crippen molar-refractivity contribution >= 4 is 6.03 Å². The van der Waals surface area contributed by atoms with E-state index in [1.54, 1.807) is 4.90 Å². The van der Waals surface area contributed by atoms with Gasteiger partial charge in [0.2, 0.25) is 0 Å². The van der Waals surface area contributed by atoms with Gasteiger partial charge >= 0.3 is 6.03 Å². The molecule has 70 valence electrons. The van der Waals surface area contributed by atoms with Crippen molar-refractivity contribution in [2.75, 3.05) is 20.2 Å². The number of hydrogen-bond donors (Lipinski definition) is 1. The number of urea groups is 1. The lowest BCUT2D eigenvalue weighted by atomic mass is 9.80. The molecule has 0 saturated carbocycles. The van der Waals surface area contributed by atoms with Crippen molar-refractivity contribution in [3.63, 3.8) is 0 Å².